The lowest BCUT2D eigenvalue weighted by Gasteiger charge is -2.27. The Morgan fingerprint density at radius 2 is 2.03 bits per heavy atom. The van der Waals surface area contributed by atoms with Crippen LogP contribution in [0, 0.1) is 6.92 Å². The molecule has 0 saturated heterocycles. The number of carboxylic acid groups (broad SMARTS) is 1. The van der Waals surface area contributed by atoms with Crippen LogP contribution < -0.4 is 10.2 Å². The number of carboxylic acids is 1. The third-order valence-corrected chi connectivity index (χ3v) is 4.84. The van der Waals surface area contributed by atoms with Crippen LogP contribution >= 0.6 is 0 Å². The monoisotopic (exact) mass is 473 g/mol. The molecule has 0 saturated carbocycles. The number of rotatable bonds is 11. The number of carbonyl (C=O) groups excluding carboxylic acids is 2. The van der Waals surface area contributed by atoms with E-state index in [9.17, 15) is 19.5 Å². The first-order valence-electron chi connectivity index (χ1n) is 11.4. The number of anilines is 1. The molecule has 2 amide bonds. The number of aliphatic carboxylic acids is 1. The summed E-state index contributed by atoms with van der Waals surface area (Å²) >= 11 is 0. The Morgan fingerprint density at radius 1 is 1.26 bits per heavy atom. The van der Waals surface area contributed by atoms with E-state index in [0.717, 1.165) is 24.0 Å². The van der Waals surface area contributed by atoms with Crippen LogP contribution in [0.1, 0.15) is 52.0 Å². The highest BCUT2D eigenvalue weighted by Gasteiger charge is 2.25. The maximum Gasteiger partial charge on any atom is 0.416 e. The number of amides is 2. The van der Waals surface area contributed by atoms with Crippen molar-refractivity contribution in [3.05, 3.63) is 47.7 Å². The molecule has 34 heavy (non-hydrogen) atoms. The topological polar surface area (TPSA) is 118 Å². The van der Waals surface area contributed by atoms with Crippen LogP contribution in [0.5, 0.6) is 0 Å². The molecule has 0 fully saturated rings. The summed E-state index contributed by atoms with van der Waals surface area (Å²) in [5.41, 5.74) is 1.24. The Labute approximate surface area is 200 Å². The van der Waals surface area contributed by atoms with Crippen LogP contribution in [-0.2, 0) is 19.1 Å². The van der Waals surface area contributed by atoms with E-state index in [1.165, 1.54) is 4.90 Å². The van der Waals surface area contributed by atoms with Crippen LogP contribution in [0.4, 0.5) is 10.6 Å². The van der Waals surface area contributed by atoms with Gasteiger partial charge in [-0.15, -0.1) is 0 Å². The highest BCUT2D eigenvalue weighted by Crippen LogP contribution is 2.18. The molecule has 0 radical (unpaired) electrons. The van der Waals surface area contributed by atoms with Crippen LogP contribution in [0.3, 0.4) is 0 Å². The fourth-order valence-corrected chi connectivity index (χ4v) is 3.19. The predicted molar refractivity (Wildman–Crippen MR) is 129 cm³/mol. The molecule has 1 aliphatic rings. The minimum Gasteiger partial charge on any atom is -0.480 e. The molecule has 2 N–H and O–H groups in total. The molecule has 1 atom stereocenters. The Kier molecular flexibility index (Phi) is 10.2. The van der Waals surface area contributed by atoms with Crippen molar-refractivity contribution in [3.8, 4) is 0 Å². The average molecular weight is 474 g/mol. The molecule has 0 spiro atoms. The number of pyridine rings is 1. The number of ether oxygens (including phenoxy) is 2. The van der Waals surface area contributed by atoms with Crippen molar-refractivity contribution in [2.45, 2.75) is 65.0 Å². The molecule has 2 rings (SSSR count). The SMILES string of the molecule is Cc1ccnc(N(CCCC(=O)NC(COCC2=CCCC=C2)C(=O)O)C(=O)OC(C)(C)C)c1. The predicted octanol–water partition coefficient (Wildman–Crippen LogP) is 3.77. The van der Waals surface area contributed by atoms with Crippen molar-refractivity contribution in [2.24, 2.45) is 0 Å². The zero-order valence-electron chi connectivity index (χ0n) is 20.4. The van der Waals surface area contributed by atoms with Crippen molar-refractivity contribution in [1.82, 2.24) is 10.3 Å². The van der Waals surface area contributed by atoms with Crippen molar-refractivity contribution in [1.29, 1.82) is 0 Å². The van der Waals surface area contributed by atoms with Crippen molar-refractivity contribution in [3.63, 3.8) is 0 Å². The van der Waals surface area contributed by atoms with Gasteiger partial charge in [0.15, 0.2) is 6.04 Å². The molecule has 1 aromatic heterocycles. The summed E-state index contributed by atoms with van der Waals surface area (Å²) in [4.78, 5) is 42.3. The Hall–Kier alpha value is -3.20. The third kappa shape index (κ3) is 9.74. The largest absolute Gasteiger partial charge is 0.480 e. The minimum absolute atomic E-state index is 0.0305. The number of carbonyl (C=O) groups is 3. The van der Waals surface area contributed by atoms with Gasteiger partial charge in [-0.25, -0.2) is 14.6 Å². The zero-order valence-corrected chi connectivity index (χ0v) is 20.4. The van der Waals surface area contributed by atoms with Gasteiger partial charge in [0.2, 0.25) is 5.91 Å². The second kappa shape index (κ2) is 12.9. The van der Waals surface area contributed by atoms with Gasteiger partial charge < -0.3 is 19.9 Å². The van der Waals surface area contributed by atoms with Crippen LogP contribution in [0.15, 0.2) is 42.1 Å². The summed E-state index contributed by atoms with van der Waals surface area (Å²) in [6.07, 6.45) is 9.34. The maximum atomic E-state index is 12.7. The molecular weight excluding hydrogens is 438 g/mol. The number of aryl methyl sites for hydroxylation is 1. The van der Waals surface area contributed by atoms with Crippen LogP contribution in [0.25, 0.3) is 0 Å². The molecule has 186 valence electrons. The van der Waals surface area contributed by atoms with Crippen molar-refractivity contribution < 1.29 is 29.0 Å². The standard InChI is InChI=1S/C25H35N3O6/c1-18-12-13-26-21(15-18)28(24(32)34-25(2,3)4)14-8-11-22(29)27-20(23(30)31)17-33-16-19-9-6-5-7-10-19/h6,9-10,12-13,15,20H,5,7-8,11,14,16-17H2,1-4H3,(H,27,29)(H,30,31). The Balaban J connectivity index is 1.89. The van der Waals surface area contributed by atoms with Gasteiger partial charge in [0.1, 0.15) is 11.4 Å². The Bertz CT molecular complexity index is 919. The third-order valence-electron chi connectivity index (χ3n) is 4.84. The van der Waals surface area contributed by atoms with Crippen LogP contribution in [-0.4, -0.2) is 59.5 Å². The second-order valence-corrected chi connectivity index (χ2v) is 9.16. The van der Waals surface area contributed by atoms with E-state index in [2.05, 4.69) is 10.3 Å². The molecule has 1 unspecified atom stereocenters. The van der Waals surface area contributed by atoms with Gasteiger partial charge in [0, 0.05) is 19.2 Å². The number of hydrogen-bond donors (Lipinski definition) is 2. The highest BCUT2D eigenvalue weighted by molar-refractivity contribution is 5.87. The quantitative estimate of drug-likeness (QED) is 0.502. The van der Waals surface area contributed by atoms with E-state index >= 15 is 0 Å². The van der Waals surface area contributed by atoms with E-state index in [-0.39, 0.29) is 19.6 Å². The van der Waals surface area contributed by atoms with E-state index < -0.39 is 29.6 Å². The van der Waals surface area contributed by atoms with Gasteiger partial charge in [0.05, 0.1) is 13.2 Å². The molecule has 1 aromatic rings. The lowest BCUT2D eigenvalue weighted by atomic mass is 10.1. The summed E-state index contributed by atoms with van der Waals surface area (Å²) in [5.74, 6) is -1.17. The zero-order chi connectivity index (χ0) is 25.1. The van der Waals surface area contributed by atoms with Gasteiger partial charge in [-0.1, -0.05) is 18.2 Å². The summed E-state index contributed by atoms with van der Waals surface area (Å²) in [6.45, 7) is 7.56. The van der Waals surface area contributed by atoms with E-state index in [4.69, 9.17) is 9.47 Å². The fourth-order valence-electron chi connectivity index (χ4n) is 3.19. The summed E-state index contributed by atoms with van der Waals surface area (Å²) < 4.78 is 11.0. The first-order valence-corrected chi connectivity index (χ1v) is 11.4. The number of hydrogen-bond acceptors (Lipinski definition) is 6. The molecule has 0 aliphatic heterocycles. The smallest absolute Gasteiger partial charge is 0.416 e. The summed E-state index contributed by atoms with van der Waals surface area (Å²) in [7, 11) is 0. The molecular formula is C25H35N3O6. The summed E-state index contributed by atoms with van der Waals surface area (Å²) in [6, 6.07) is 2.43. The van der Waals surface area contributed by atoms with Gasteiger partial charge >= 0.3 is 12.1 Å². The lowest BCUT2D eigenvalue weighted by molar-refractivity contribution is -0.143. The number of nitrogens with zero attached hydrogens (tertiary/aromatic N) is 2. The number of nitrogens with one attached hydrogen (secondary N) is 1. The second-order valence-electron chi connectivity index (χ2n) is 9.16. The first kappa shape index (κ1) is 27.0. The number of allylic oxidation sites excluding steroid dienone is 2. The van der Waals surface area contributed by atoms with Gasteiger partial charge in [-0.05, 0) is 70.2 Å². The fraction of sp³-hybridized carbons (Fsp3) is 0.520. The van der Waals surface area contributed by atoms with E-state index in [0.29, 0.717) is 18.8 Å². The minimum atomic E-state index is -1.17. The highest BCUT2D eigenvalue weighted by atomic mass is 16.6. The first-order chi connectivity index (χ1) is 16.0. The average Bonchev–Trinajstić information content (AvgIpc) is 2.75. The normalized spacial score (nSPS) is 14.2. The van der Waals surface area contributed by atoms with Gasteiger partial charge in [-0.2, -0.15) is 0 Å². The van der Waals surface area contributed by atoms with Crippen molar-refractivity contribution >= 4 is 23.8 Å². The van der Waals surface area contributed by atoms with E-state index in [1.54, 1.807) is 33.0 Å². The molecule has 1 heterocycles. The molecule has 0 aromatic carbocycles. The molecule has 1 aliphatic carbocycles. The van der Waals surface area contributed by atoms with E-state index in [1.807, 2.05) is 31.2 Å². The maximum absolute atomic E-state index is 12.7. The molecule has 9 nitrogen and oxygen atoms in total. The van der Waals surface area contributed by atoms with Crippen molar-refractivity contribution in [2.75, 3.05) is 24.7 Å². The Morgan fingerprint density at radius 3 is 2.65 bits per heavy atom. The summed E-state index contributed by atoms with van der Waals surface area (Å²) in [5, 5.41) is 11.9. The van der Waals surface area contributed by atoms with Gasteiger partial charge in [0.25, 0.3) is 0 Å². The molecule has 0 bridgehead atoms. The number of aromatic nitrogens is 1. The van der Waals surface area contributed by atoms with Gasteiger partial charge in [-0.3, -0.25) is 9.69 Å². The molecule has 9 heteroatoms. The lowest BCUT2D eigenvalue weighted by Crippen LogP contribution is -2.44. The van der Waals surface area contributed by atoms with Crippen LogP contribution in [0.2, 0.25) is 0 Å².